The number of hydrogen-bond acceptors (Lipinski definition) is 3. The number of carbonyl (C=O) groups is 1. The standard InChI is InChI=1S/C21H26N2O2/c1-14-12-15-8-5-6-11-18(15)19(22-14)16-9-7-10-17(13-16)23-20(24)25-21(2,3)4/h5-11,13-14,19,22H,12H2,1-4H3,(H,23,24). The number of rotatable bonds is 2. The average Bonchev–Trinajstić information content (AvgIpc) is 2.52. The van der Waals surface area contributed by atoms with Crippen molar-refractivity contribution >= 4 is 11.8 Å². The van der Waals surface area contributed by atoms with Crippen molar-refractivity contribution < 1.29 is 9.53 Å². The number of ether oxygens (including phenoxy) is 1. The summed E-state index contributed by atoms with van der Waals surface area (Å²) >= 11 is 0. The van der Waals surface area contributed by atoms with Crippen LogP contribution in [0.3, 0.4) is 0 Å². The van der Waals surface area contributed by atoms with Crippen LogP contribution < -0.4 is 10.6 Å². The van der Waals surface area contributed by atoms with E-state index in [-0.39, 0.29) is 6.04 Å². The molecule has 0 aliphatic carbocycles. The van der Waals surface area contributed by atoms with Gasteiger partial charge in [-0.2, -0.15) is 0 Å². The second kappa shape index (κ2) is 6.89. The molecular weight excluding hydrogens is 312 g/mol. The van der Waals surface area contributed by atoms with Gasteiger partial charge in [0.05, 0.1) is 6.04 Å². The minimum absolute atomic E-state index is 0.125. The second-order valence-corrected chi connectivity index (χ2v) is 7.66. The number of hydrogen-bond donors (Lipinski definition) is 2. The van der Waals surface area contributed by atoms with Crippen LogP contribution in [0.2, 0.25) is 0 Å². The van der Waals surface area contributed by atoms with E-state index in [1.165, 1.54) is 11.1 Å². The van der Waals surface area contributed by atoms with Crippen molar-refractivity contribution in [2.24, 2.45) is 0 Å². The van der Waals surface area contributed by atoms with Crippen molar-refractivity contribution in [2.45, 2.75) is 51.8 Å². The van der Waals surface area contributed by atoms with Crippen molar-refractivity contribution in [3.63, 3.8) is 0 Å². The Hall–Kier alpha value is -2.33. The minimum atomic E-state index is -0.513. The van der Waals surface area contributed by atoms with Crippen LogP contribution in [-0.4, -0.2) is 17.7 Å². The van der Waals surface area contributed by atoms with E-state index in [2.05, 4.69) is 47.9 Å². The molecule has 4 nitrogen and oxygen atoms in total. The zero-order valence-electron chi connectivity index (χ0n) is 15.3. The lowest BCUT2D eigenvalue weighted by atomic mass is 9.87. The molecule has 25 heavy (non-hydrogen) atoms. The first-order valence-corrected chi connectivity index (χ1v) is 8.75. The number of nitrogens with one attached hydrogen (secondary N) is 2. The Morgan fingerprint density at radius 2 is 1.92 bits per heavy atom. The molecule has 1 aliphatic rings. The smallest absolute Gasteiger partial charge is 0.412 e. The summed E-state index contributed by atoms with van der Waals surface area (Å²) in [6.07, 6.45) is 0.595. The predicted octanol–water partition coefficient (Wildman–Crippen LogP) is 4.66. The van der Waals surface area contributed by atoms with E-state index in [9.17, 15) is 4.79 Å². The van der Waals surface area contributed by atoms with E-state index >= 15 is 0 Å². The Labute approximate surface area is 149 Å². The molecule has 0 bridgehead atoms. The number of anilines is 1. The molecule has 0 aromatic heterocycles. The summed E-state index contributed by atoms with van der Waals surface area (Å²) in [6.45, 7) is 7.76. The summed E-state index contributed by atoms with van der Waals surface area (Å²) in [5.74, 6) is 0. The van der Waals surface area contributed by atoms with E-state index in [0.717, 1.165) is 17.7 Å². The van der Waals surface area contributed by atoms with Gasteiger partial charge in [0, 0.05) is 11.7 Å². The quantitative estimate of drug-likeness (QED) is 0.837. The highest BCUT2D eigenvalue weighted by atomic mass is 16.6. The molecule has 1 heterocycles. The lowest BCUT2D eigenvalue weighted by Crippen LogP contribution is -2.37. The van der Waals surface area contributed by atoms with Gasteiger partial charge < -0.3 is 10.1 Å². The van der Waals surface area contributed by atoms with Crippen molar-refractivity contribution in [3.05, 3.63) is 65.2 Å². The Kier molecular flexibility index (Phi) is 4.82. The molecule has 0 fully saturated rings. The van der Waals surface area contributed by atoms with Crippen molar-refractivity contribution in [1.82, 2.24) is 5.32 Å². The second-order valence-electron chi connectivity index (χ2n) is 7.66. The van der Waals surface area contributed by atoms with Crippen LogP contribution in [0, 0.1) is 0 Å². The molecule has 2 N–H and O–H groups in total. The van der Waals surface area contributed by atoms with E-state index < -0.39 is 11.7 Å². The van der Waals surface area contributed by atoms with Gasteiger partial charge in [0.25, 0.3) is 0 Å². The first-order chi connectivity index (χ1) is 11.8. The summed E-state index contributed by atoms with van der Waals surface area (Å²) in [5.41, 5.74) is 4.04. The molecule has 2 aromatic carbocycles. The molecule has 0 saturated heterocycles. The molecule has 2 unspecified atom stereocenters. The summed E-state index contributed by atoms with van der Waals surface area (Å²) in [7, 11) is 0. The van der Waals surface area contributed by atoms with Gasteiger partial charge in [0.15, 0.2) is 0 Å². The van der Waals surface area contributed by atoms with Crippen molar-refractivity contribution in [1.29, 1.82) is 0 Å². The van der Waals surface area contributed by atoms with Crippen LogP contribution in [0.4, 0.5) is 10.5 Å². The van der Waals surface area contributed by atoms with Crippen molar-refractivity contribution in [2.75, 3.05) is 5.32 Å². The lowest BCUT2D eigenvalue weighted by Gasteiger charge is -2.32. The highest BCUT2D eigenvalue weighted by molar-refractivity contribution is 5.85. The molecule has 132 valence electrons. The minimum Gasteiger partial charge on any atom is -0.444 e. The van der Waals surface area contributed by atoms with Crippen LogP contribution in [-0.2, 0) is 11.2 Å². The van der Waals surface area contributed by atoms with Crippen LogP contribution in [0.5, 0.6) is 0 Å². The van der Waals surface area contributed by atoms with Gasteiger partial charge in [-0.3, -0.25) is 5.32 Å². The van der Waals surface area contributed by atoms with Gasteiger partial charge in [0.1, 0.15) is 5.60 Å². The summed E-state index contributed by atoms with van der Waals surface area (Å²) < 4.78 is 5.33. The van der Waals surface area contributed by atoms with Gasteiger partial charge in [-0.15, -0.1) is 0 Å². The number of carbonyl (C=O) groups excluding carboxylic acids is 1. The first-order valence-electron chi connectivity index (χ1n) is 8.75. The Balaban J connectivity index is 1.84. The third-order valence-electron chi connectivity index (χ3n) is 4.21. The normalized spacial score (nSPS) is 19.8. The van der Waals surface area contributed by atoms with Crippen LogP contribution >= 0.6 is 0 Å². The highest BCUT2D eigenvalue weighted by Crippen LogP contribution is 2.31. The van der Waals surface area contributed by atoms with Gasteiger partial charge in [0.2, 0.25) is 0 Å². The number of benzene rings is 2. The molecule has 0 saturated carbocycles. The van der Waals surface area contributed by atoms with E-state index in [4.69, 9.17) is 4.74 Å². The maximum atomic E-state index is 12.0. The third-order valence-corrected chi connectivity index (χ3v) is 4.21. The Morgan fingerprint density at radius 3 is 2.68 bits per heavy atom. The summed E-state index contributed by atoms with van der Waals surface area (Å²) in [6, 6.07) is 17.0. The molecule has 0 radical (unpaired) electrons. The molecule has 1 aliphatic heterocycles. The fourth-order valence-corrected chi connectivity index (χ4v) is 3.26. The first kappa shape index (κ1) is 17.5. The van der Waals surface area contributed by atoms with Crippen LogP contribution in [0.1, 0.15) is 50.4 Å². The summed E-state index contributed by atoms with van der Waals surface area (Å²) in [4.78, 5) is 12.0. The molecule has 2 aromatic rings. The monoisotopic (exact) mass is 338 g/mol. The largest absolute Gasteiger partial charge is 0.444 e. The SMILES string of the molecule is CC1Cc2ccccc2C(c2cccc(NC(=O)OC(C)(C)C)c2)N1. The zero-order valence-corrected chi connectivity index (χ0v) is 15.3. The molecule has 1 amide bonds. The summed E-state index contributed by atoms with van der Waals surface area (Å²) in [5, 5.41) is 6.49. The highest BCUT2D eigenvalue weighted by Gasteiger charge is 2.25. The molecule has 4 heteroatoms. The van der Waals surface area contributed by atoms with E-state index in [1.807, 2.05) is 39.0 Å². The maximum Gasteiger partial charge on any atom is 0.412 e. The average molecular weight is 338 g/mol. The van der Waals surface area contributed by atoms with Gasteiger partial charge >= 0.3 is 6.09 Å². The van der Waals surface area contributed by atoms with Gasteiger partial charge in [-0.1, -0.05) is 36.4 Å². The molecular formula is C21H26N2O2. The fraction of sp³-hybridized carbons (Fsp3) is 0.381. The zero-order chi connectivity index (χ0) is 18.0. The van der Waals surface area contributed by atoms with Crippen LogP contribution in [0.15, 0.2) is 48.5 Å². The molecule has 2 atom stereocenters. The maximum absolute atomic E-state index is 12.0. The lowest BCUT2D eigenvalue weighted by molar-refractivity contribution is 0.0636. The Bertz CT molecular complexity index is 764. The predicted molar refractivity (Wildman–Crippen MR) is 101 cm³/mol. The number of amides is 1. The molecule has 0 spiro atoms. The Morgan fingerprint density at radius 1 is 1.16 bits per heavy atom. The molecule has 3 rings (SSSR count). The van der Waals surface area contributed by atoms with E-state index in [0.29, 0.717) is 6.04 Å². The van der Waals surface area contributed by atoms with Crippen molar-refractivity contribution in [3.8, 4) is 0 Å². The third kappa shape index (κ3) is 4.40. The topological polar surface area (TPSA) is 50.4 Å². The van der Waals surface area contributed by atoms with Crippen LogP contribution in [0.25, 0.3) is 0 Å². The van der Waals surface area contributed by atoms with Gasteiger partial charge in [-0.25, -0.2) is 4.79 Å². The fourth-order valence-electron chi connectivity index (χ4n) is 3.26. The number of fused-ring (bicyclic) bond motifs is 1. The van der Waals surface area contributed by atoms with E-state index in [1.54, 1.807) is 0 Å². The van der Waals surface area contributed by atoms with Gasteiger partial charge in [-0.05, 0) is 62.9 Å².